The Bertz CT molecular complexity index is 654. The lowest BCUT2D eigenvalue weighted by molar-refractivity contribution is -0.130. The van der Waals surface area contributed by atoms with E-state index in [1.807, 2.05) is 23.1 Å². The average Bonchev–Trinajstić information content (AvgIpc) is 2.86. The molecule has 1 unspecified atom stereocenters. The minimum atomic E-state index is 0.200. The number of hydrogen-bond donors (Lipinski definition) is 2. The molecule has 3 N–H and O–H groups in total. The third-order valence-corrected chi connectivity index (χ3v) is 4.68. The molecule has 0 bridgehead atoms. The largest absolute Gasteiger partial charge is 0.399 e. The number of likely N-dealkylation sites (tertiary alicyclic amines) is 1. The number of nitrogens with zero attached hydrogens (tertiary/aromatic N) is 2. The van der Waals surface area contributed by atoms with Crippen LogP contribution in [0.1, 0.15) is 19.8 Å². The van der Waals surface area contributed by atoms with Crippen LogP contribution < -0.4 is 5.73 Å². The molecule has 0 aliphatic carbocycles. The Morgan fingerprint density at radius 1 is 1.57 bits per heavy atom. The maximum absolute atomic E-state index is 12.2. The van der Waals surface area contributed by atoms with E-state index in [1.165, 1.54) is 18.2 Å². The van der Waals surface area contributed by atoms with E-state index in [0.717, 1.165) is 35.7 Å². The van der Waals surface area contributed by atoms with Gasteiger partial charge < -0.3 is 15.6 Å². The van der Waals surface area contributed by atoms with Crippen molar-refractivity contribution >= 4 is 34.4 Å². The van der Waals surface area contributed by atoms with Crippen LogP contribution in [0.15, 0.2) is 23.4 Å². The van der Waals surface area contributed by atoms with Crippen LogP contribution in [0.4, 0.5) is 5.69 Å². The van der Waals surface area contributed by atoms with Gasteiger partial charge >= 0.3 is 0 Å². The minimum Gasteiger partial charge on any atom is -0.399 e. The molecule has 3 rings (SSSR count). The fourth-order valence-corrected chi connectivity index (χ4v) is 3.50. The highest BCUT2D eigenvalue weighted by atomic mass is 32.2. The van der Waals surface area contributed by atoms with Gasteiger partial charge in [-0.2, -0.15) is 0 Å². The van der Waals surface area contributed by atoms with Crippen LogP contribution in [0.5, 0.6) is 0 Å². The quantitative estimate of drug-likeness (QED) is 0.675. The van der Waals surface area contributed by atoms with Gasteiger partial charge in [-0.3, -0.25) is 4.79 Å². The molecule has 1 aromatic heterocycles. The third kappa shape index (κ3) is 3.32. The number of hydrogen-bond acceptors (Lipinski definition) is 4. The first kappa shape index (κ1) is 14.3. The number of piperidine rings is 1. The van der Waals surface area contributed by atoms with E-state index < -0.39 is 0 Å². The summed E-state index contributed by atoms with van der Waals surface area (Å²) in [6.45, 7) is 3.98. The molecule has 112 valence electrons. The fourth-order valence-electron chi connectivity index (χ4n) is 2.71. The van der Waals surface area contributed by atoms with Crippen molar-refractivity contribution in [3.05, 3.63) is 18.2 Å². The molecule has 1 aliphatic heterocycles. The van der Waals surface area contributed by atoms with Crippen molar-refractivity contribution in [1.29, 1.82) is 0 Å². The van der Waals surface area contributed by atoms with Gasteiger partial charge in [-0.1, -0.05) is 18.7 Å². The zero-order valence-electron chi connectivity index (χ0n) is 12.1. The Morgan fingerprint density at radius 2 is 2.43 bits per heavy atom. The minimum absolute atomic E-state index is 0.200. The number of amides is 1. The number of fused-ring (bicyclic) bond motifs is 1. The van der Waals surface area contributed by atoms with Crippen LogP contribution >= 0.6 is 11.8 Å². The van der Waals surface area contributed by atoms with Crippen LogP contribution in [0.2, 0.25) is 0 Å². The number of nitrogens with two attached hydrogens (primary N) is 1. The monoisotopic (exact) mass is 304 g/mol. The summed E-state index contributed by atoms with van der Waals surface area (Å²) >= 11 is 1.46. The van der Waals surface area contributed by atoms with Crippen molar-refractivity contribution in [2.75, 3.05) is 24.6 Å². The van der Waals surface area contributed by atoms with Gasteiger partial charge in [0.05, 0.1) is 16.8 Å². The molecule has 2 aromatic rings. The van der Waals surface area contributed by atoms with Crippen molar-refractivity contribution in [1.82, 2.24) is 14.9 Å². The fraction of sp³-hybridized carbons (Fsp3) is 0.467. The topological polar surface area (TPSA) is 75.0 Å². The van der Waals surface area contributed by atoms with E-state index in [0.29, 0.717) is 17.4 Å². The van der Waals surface area contributed by atoms with Gasteiger partial charge in [0.15, 0.2) is 5.16 Å². The predicted molar refractivity (Wildman–Crippen MR) is 86.2 cm³/mol. The number of nitrogens with one attached hydrogen (secondary N) is 1. The van der Waals surface area contributed by atoms with Gasteiger partial charge in [-0.05, 0) is 37.0 Å². The number of nitrogen functional groups attached to an aromatic ring is 1. The van der Waals surface area contributed by atoms with Gasteiger partial charge in [0.25, 0.3) is 0 Å². The number of rotatable bonds is 3. The van der Waals surface area contributed by atoms with Crippen LogP contribution in [-0.4, -0.2) is 39.6 Å². The van der Waals surface area contributed by atoms with Gasteiger partial charge in [0.1, 0.15) is 0 Å². The van der Waals surface area contributed by atoms with Gasteiger partial charge in [0.2, 0.25) is 5.91 Å². The Morgan fingerprint density at radius 3 is 3.24 bits per heavy atom. The highest BCUT2D eigenvalue weighted by Gasteiger charge is 2.21. The van der Waals surface area contributed by atoms with E-state index in [9.17, 15) is 4.79 Å². The highest BCUT2D eigenvalue weighted by Crippen LogP contribution is 2.22. The molecule has 5 nitrogen and oxygen atoms in total. The Balaban J connectivity index is 1.61. The van der Waals surface area contributed by atoms with E-state index in [2.05, 4.69) is 16.9 Å². The molecule has 0 spiro atoms. The second kappa shape index (κ2) is 5.97. The summed E-state index contributed by atoms with van der Waals surface area (Å²) in [5.41, 5.74) is 8.25. The van der Waals surface area contributed by atoms with E-state index in [-0.39, 0.29) is 5.91 Å². The van der Waals surface area contributed by atoms with Crippen LogP contribution in [0.3, 0.4) is 0 Å². The number of benzene rings is 1. The van der Waals surface area contributed by atoms with Crippen molar-refractivity contribution in [3.63, 3.8) is 0 Å². The highest BCUT2D eigenvalue weighted by molar-refractivity contribution is 7.99. The molecule has 1 fully saturated rings. The van der Waals surface area contributed by atoms with Crippen molar-refractivity contribution < 1.29 is 4.79 Å². The maximum atomic E-state index is 12.2. The Hall–Kier alpha value is -1.69. The molecule has 2 heterocycles. The van der Waals surface area contributed by atoms with Crippen molar-refractivity contribution in [3.8, 4) is 0 Å². The number of carbonyl (C=O) groups is 1. The molecule has 21 heavy (non-hydrogen) atoms. The lowest BCUT2D eigenvalue weighted by atomic mass is 10.0. The van der Waals surface area contributed by atoms with Gasteiger partial charge in [-0.15, -0.1) is 0 Å². The summed E-state index contributed by atoms with van der Waals surface area (Å²) in [5.74, 6) is 1.25. The Kier molecular flexibility index (Phi) is 4.05. The number of thioether (sulfide) groups is 1. The molecule has 0 radical (unpaired) electrons. The number of anilines is 1. The van der Waals surface area contributed by atoms with Crippen molar-refractivity contribution in [2.24, 2.45) is 5.92 Å². The molecule has 1 amide bonds. The lowest BCUT2D eigenvalue weighted by Gasteiger charge is -2.30. The molecule has 1 aromatic carbocycles. The van der Waals surface area contributed by atoms with Crippen LogP contribution in [0, 0.1) is 5.92 Å². The number of imidazole rings is 1. The third-order valence-electron chi connectivity index (χ3n) is 3.83. The van der Waals surface area contributed by atoms with Crippen LogP contribution in [-0.2, 0) is 4.79 Å². The molecule has 1 aliphatic rings. The standard InChI is InChI=1S/C15H20N4OS/c1-10-3-2-6-19(8-10)14(20)9-21-15-17-12-5-4-11(16)7-13(12)18-15/h4-5,7,10H,2-3,6,8-9,16H2,1H3,(H,17,18). The van der Waals surface area contributed by atoms with Crippen molar-refractivity contribution in [2.45, 2.75) is 24.9 Å². The summed E-state index contributed by atoms with van der Waals surface area (Å²) in [5, 5.41) is 0.772. The molecule has 1 saturated heterocycles. The van der Waals surface area contributed by atoms with Crippen LogP contribution in [0.25, 0.3) is 11.0 Å². The second-order valence-corrected chi connectivity index (χ2v) is 6.66. The molecule has 0 saturated carbocycles. The summed E-state index contributed by atoms with van der Waals surface area (Å²) in [4.78, 5) is 21.9. The zero-order valence-corrected chi connectivity index (χ0v) is 12.9. The van der Waals surface area contributed by atoms with E-state index in [1.54, 1.807) is 0 Å². The first-order chi connectivity index (χ1) is 10.1. The smallest absolute Gasteiger partial charge is 0.233 e. The average molecular weight is 304 g/mol. The van der Waals surface area contributed by atoms with Gasteiger partial charge in [-0.25, -0.2) is 4.98 Å². The van der Waals surface area contributed by atoms with E-state index >= 15 is 0 Å². The molecule has 6 heteroatoms. The normalized spacial score (nSPS) is 19.1. The second-order valence-electron chi connectivity index (χ2n) is 5.69. The maximum Gasteiger partial charge on any atom is 0.233 e. The summed E-state index contributed by atoms with van der Waals surface area (Å²) < 4.78 is 0. The van der Waals surface area contributed by atoms with E-state index in [4.69, 9.17) is 5.73 Å². The van der Waals surface area contributed by atoms with Gasteiger partial charge in [0, 0.05) is 18.8 Å². The summed E-state index contributed by atoms with van der Waals surface area (Å²) in [6.07, 6.45) is 2.34. The first-order valence-electron chi connectivity index (χ1n) is 7.27. The molecular formula is C15H20N4OS. The molecule has 1 atom stereocenters. The summed E-state index contributed by atoms with van der Waals surface area (Å²) in [7, 11) is 0. The summed E-state index contributed by atoms with van der Waals surface area (Å²) in [6, 6.07) is 5.58. The lowest BCUT2D eigenvalue weighted by Crippen LogP contribution is -2.40. The predicted octanol–water partition coefficient (Wildman–Crippen LogP) is 2.50. The number of aromatic amines is 1. The number of carbonyl (C=O) groups excluding carboxylic acids is 1. The zero-order chi connectivity index (χ0) is 14.8. The number of H-pyrrole nitrogens is 1. The number of aromatic nitrogens is 2. The Labute approximate surface area is 128 Å². The first-order valence-corrected chi connectivity index (χ1v) is 8.26. The molecular weight excluding hydrogens is 284 g/mol. The SMILES string of the molecule is CC1CCCN(C(=O)CSc2nc3ccc(N)cc3[nH]2)C1.